The monoisotopic (exact) mass is 797 g/mol. The van der Waals surface area contributed by atoms with Crippen molar-refractivity contribution in [3.8, 4) is 45.1 Å². The van der Waals surface area contributed by atoms with E-state index in [4.69, 9.17) is 19.4 Å². The maximum Gasteiger partial charge on any atom is 0.250 e. The van der Waals surface area contributed by atoms with Gasteiger partial charge >= 0.3 is 0 Å². The molecular weight excluding hydrogens is 743 g/mol. The number of carbonyl (C=O) groups is 3. The van der Waals surface area contributed by atoms with E-state index in [2.05, 4.69) is 54.3 Å². The average Bonchev–Trinajstić information content (AvgIpc) is 3.90. The van der Waals surface area contributed by atoms with Crippen molar-refractivity contribution >= 4 is 17.7 Å². The number of aromatic amines is 2. The Bertz CT molecular complexity index is 2280. The minimum absolute atomic E-state index is 0.0317. The van der Waals surface area contributed by atoms with Gasteiger partial charge in [0.05, 0.1) is 36.4 Å². The second-order valence-corrected chi connectivity index (χ2v) is 16.6. The van der Waals surface area contributed by atoms with E-state index < -0.39 is 6.04 Å². The lowest BCUT2D eigenvalue weighted by Crippen LogP contribution is -2.45. The summed E-state index contributed by atoms with van der Waals surface area (Å²) >= 11 is 0. The number of rotatable bonds is 16. The number of nitrogens with one attached hydrogen (secondary N) is 3. The van der Waals surface area contributed by atoms with Gasteiger partial charge in [-0.05, 0) is 68.4 Å². The van der Waals surface area contributed by atoms with Crippen molar-refractivity contribution in [1.82, 2.24) is 35.1 Å². The molecule has 2 unspecified atom stereocenters. The Labute approximate surface area is 346 Å². The third-order valence-corrected chi connectivity index (χ3v) is 11.7. The van der Waals surface area contributed by atoms with Gasteiger partial charge in [0.15, 0.2) is 0 Å². The minimum atomic E-state index is -0.770. The third-order valence-electron chi connectivity index (χ3n) is 11.7. The summed E-state index contributed by atoms with van der Waals surface area (Å²) in [5, 5.41) is 3.07. The van der Waals surface area contributed by atoms with Gasteiger partial charge in [-0.3, -0.25) is 14.4 Å². The number of carbonyl (C=O) groups excluding carboxylic acids is 3. The van der Waals surface area contributed by atoms with E-state index in [1.54, 1.807) is 11.1 Å². The number of benzene rings is 3. The molecule has 3 aliphatic rings. The quantitative estimate of drug-likeness (QED) is 0.0906. The highest BCUT2D eigenvalue weighted by Crippen LogP contribution is 2.50. The fraction of sp³-hybridized carbons (Fsp3) is 0.426. The van der Waals surface area contributed by atoms with Crippen molar-refractivity contribution in [3.63, 3.8) is 0 Å². The zero-order valence-corrected chi connectivity index (χ0v) is 34.8. The van der Waals surface area contributed by atoms with Crippen LogP contribution in [0.1, 0.15) is 114 Å². The zero-order valence-electron chi connectivity index (χ0n) is 34.8. The molecule has 308 valence electrons. The molecule has 5 aromatic rings. The molecule has 3 amide bonds. The number of hydrogen-bond donors (Lipinski definition) is 3. The fourth-order valence-corrected chi connectivity index (χ4v) is 8.43. The standard InChI is InChI=1S/C47H55N7O5/c1-6-16-53(47(57)44(30-12-9-8-10-13-30)52-46(56)31-14-11-15-31)25-40-48-23-36(50-40)32-19-34-26-59-39-22-33(20-35-27-58-38(21-32)42(34)43(35)39)37-24-49-45(51-37)29(5)54(17-7-2)41(55)18-28(3)4/h8-10,12-13,19-24,28-29,31,44H,6-7,11,14-18,25-27H2,1-5H3,(H,48,50)(H,49,51)(H,52,56). The Kier molecular flexibility index (Phi) is 11.6. The molecule has 59 heavy (non-hydrogen) atoms. The predicted molar refractivity (Wildman–Crippen MR) is 226 cm³/mol. The van der Waals surface area contributed by atoms with Crippen molar-refractivity contribution in [3.05, 3.63) is 95.3 Å². The average molecular weight is 798 g/mol. The lowest BCUT2D eigenvalue weighted by molar-refractivity contribution is -0.139. The predicted octanol–water partition coefficient (Wildman–Crippen LogP) is 8.66. The number of nitrogens with zero attached hydrogens (tertiary/aromatic N) is 4. The highest BCUT2D eigenvalue weighted by atomic mass is 16.5. The molecule has 8 rings (SSSR count). The van der Waals surface area contributed by atoms with E-state index in [9.17, 15) is 14.4 Å². The number of amides is 3. The molecule has 2 atom stereocenters. The molecule has 0 radical (unpaired) electrons. The van der Waals surface area contributed by atoms with E-state index in [0.29, 0.717) is 38.5 Å². The van der Waals surface area contributed by atoms with Gasteiger partial charge in [-0.25, -0.2) is 9.97 Å². The van der Waals surface area contributed by atoms with Crippen LogP contribution in [0.3, 0.4) is 0 Å². The van der Waals surface area contributed by atoms with Crippen LogP contribution in [0, 0.1) is 11.8 Å². The molecule has 3 N–H and O–H groups in total. The molecule has 2 aliphatic heterocycles. The molecule has 0 saturated heterocycles. The van der Waals surface area contributed by atoms with Gasteiger partial charge < -0.3 is 34.6 Å². The Balaban J connectivity index is 1.01. The van der Waals surface area contributed by atoms with E-state index in [-0.39, 0.29) is 42.1 Å². The first kappa shape index (κ1) is 39.9. The van der Waals surface area contributed by atoms with Gasteiger partial charge in [-0.1, -0.05) is 64.4 Å². The fourth-order valence-electron chi connectivity index (χ4n) is 8.43. The first-order valence-electron chi connectivity index (χ1n) is 21.2. The van der Waals surface area contributed by atoms with E-state index >= 15 is 0 Å². The molecule has 1 fully saturated rings. The third kappa shape index (κ3) is 8.22. The summed E-state index contributed by atoms with van der Waals surface area (Å²) in [6, 6.07) is 16.9. The summed E-state index contributed by atoms with van der Waals surface area (Å²) in [7, 11) is 0. The maximum atomic E-state index is 14.2. The molecule has 1 aliphatic carbocycles. The van der Waals surface area contributed by atoms with Crippen LogP contribution in [-0.4, -0.2) is 60.5 Å². The minimum Gasteiger partial charge on any atom is -0.488 e. The van der Waals surface area contributed by atoms with E-state index in [1.807, 2.05) is 61.3 Å². The molecule has 0 bridgehead atoms. The summed E-state index contributed by atoms with van der Waals surface area (Å²) in [5.41, 5.74) is 8.43. The van der Waals surface area contributed by atoms with Crippen LogP contribution in [-0.2, 0) is 34.1 Å². The lowest BCUT2D eigenvalue weighted by atomic mass is 9.84. The van der Waals surface area contributed by atoms with Gasteiger partial charge in [0.2, 0.25) is 17.7 Å². The van der Waals surface area contributed by atoms with Crippen LogP contribution < -0.4 is 14.8 Å². The first-order chi connectivity index (χ1) is 28.6. The van der Waals surface area contributed by atoms with Crippen molar-refractivity contribution in [1.29, 1.82) is 0 Å². The van der Waals surface area contributed by atoms with Crippen LogP contribution in [0.4, 0.5) is 0 Å². The molecular formula is C47H55N7O5. The Morgan fingerprint density at radius 3 is 2.05 bits per heavy atom. The second kappa shape index (κ2) is 17.1. The summed E-state index contributed by atoms with van der Waals surface area (Å²) in [5.74, 6) is 3.18. The summed E-state index contributed by atoms with van der Waals surface area (Å²) in [6.07, 6.45) is 8.54. The van der Waals surface area contributed by atoms with Crippen molar-refractivity contribution in [2.24, 2.45) is 11.8 Å². The lowest BCUT2D eigenvalue weighted by Gasteiger charge is -2.30. The van der Waals surface area contributed by atoms with Crippen LogP contribution in [0.25, 0.3) is 33.6 Å². The van der Waals surface area contributed by atoms with E-state index in [1.165, 1.54) is 0 Å². The van der Waals surface area contributed by atoms with Crippen LogP contribution >= 0.6 is 0 Å². The number of aromatic nitrogens is 4. The number of hydrogen-bond acceptors (Lipinski definition) is 7. The first-order valence-corrected chi connectivity index (χ1v) is 21.2. The van der Waals surface area contributed by atoms with Gasteiger partial charge in [0, 0.05) is 58.8 Å². The van der Waals surface area contributed by atoms with Gasteiger partial charge in [0.25, 0.3) is 0 Å². The molecule has 3 aromatic carbocycles. The molecule has 0 spiro atoms. The Morgan fingerprint density at radius 1 is 0.831 bits per heavy atom. The van der Waals surface area contributed by atoms with Crippen molar-refractivity contribution in [2.45, 2.75) is 105 Å². The molecule has 4 heterocycles. The maximum absolute atomic E-state index is 14.2. The normalized spacial score (nSPS) is 15.0. The molecule has 2 aromatic heterocycles. The van der Waals surface area contributed by atoms with Gasteiger partial charge in [-0.2, -0.15) is 0 Å². The second-order valence-electron chi connectivity index (χ2n) is 16.6. The van der Waals surface area contributed by atoms with Crippen LogP contribution in [0.15, 0.2) is 67.0 Å². The molecule has 1 saturated carbocycles. The smallest absolute Gasteiger partial charge is 0.250 e. The van der Waals surface area contributed by atoms with Gasteiger partial charge in [-0.15, -0.1) is 0 Å². The topological polar surface area (TPSA) is 146 Å². The highest BCUT2D eigenvalue weighted by Gasteiger charge is 2.34. The van der Waals surface area contributed by atoms with Crippen LogP contribution in [0.5, 0.6) is 11.5 Å². The number of ether oxygens (including phenoxy) is 2. The SMILES string of the molecule is CCCN(Cc1ncc(-c2cc3c4c(c2)OCc2cc(-c5cnc(C(C)N(CCC)C(=O)CC(C)C)[nH]5)cc(c2-4)OC3)[nH]1)C(=O)C(NC(=O)C1CCC1)c1ccccc1. The summed E-state index contributed by atoms with van der Waals surface area (Å²) in [4.78, 5) is 60.5. The van der Waals surface area contributed by atoms with Crippen molar-refractivity contribution < 1.29 is 23.9 Å². The number of H-pyrrole nitrogens is 2. The number of imidazole rings is 2. The van der Waals surface area contributed by atoms with Crippen LogP contribution in [0.2, 0.25) is 0 Å². The summed E-state index contributed by atoms with van der Waals surface area (Å²) in [6.45, 7) is 12.5. The summed E-state index contributed by atoms with van der Waals surface area (Å²) < 4.78 is 12.9. The molecule has 12 heteroatoms. The van der Waals surface area contributed by atoms with E-state index in [0.717, 1.165) is 99.8 Å². The Morgan fingerprint density at radius 2 is 1.46 bits per heavy atom. The highest BCUT2D eigenvalue weighted by molar-refractivity contribution is 5.90. The largest absolute Gasteiger partial charge is 0.488 e. The molecule has 12 nitrogen and oxygen atoms in total. The van der Waals surface area contributed by atoms with Gasteiger partial charge in [0.1, 0.15) is 42.4 Å². The Hall–Kier alpha value is -5.91. The zero-order chi connectivity index (χ0) is 41.2. The van der Waals surface area contributed by atoms with Crippen molar-refractivity contribution in [2.75, 3.05) is 13.1 Å².